The van der Waals surface area contributed by atoms with Gasteiger partial charge in [-0.05, 0) is 54.3 Å². The van der Waals surface area contributed by atoms with Gasteiger partial charge in [0.05, 0.1) is 6.42 Å². The zero-order valence-corrected chi connectivity index (χ0v) is 13.5. The van der Waals surface area contributed by atoms with Crippen molar-refractivity contribution in [1.82, 2.24) is 10.1 Å². The Morgan fingerprint density at radius 1 is 1.12 bits per heavy atom. The molecule has 0 radical (unpaired) electrons. The SMILES string of the molecule is O=C1Cc2cc(CCCc3nc(-c4ccc(F)cc4)no3)ccc2N1. The van der Waals surface area contributed by atoms with E-state index in [-0.39, 0.29) is 11.7 Å². The highest BCUT2D eigenvalue weighted by Gasteiger charge is 2.17. The lowest BCUT2D eigenvalue weighted by Crippen LogP contribution is -2.03. The highest BCUT2D eigenvalue weighted by atomic mass is 19.1. The first-order valence-corrected chi connectivity index (χ1v) is 8.17. The number of rotatable bonds is 5. The van der Waals surface area contributed by atoms with Crippen molar-refractivity contribution in [3.8, 4) is 11.4 Å². The number of fused-ring (bicyclic) bond motifs is 1. The summed E-state index contributed by atoms with van der Waals surface area (Å²) in [4.78, 5) is 15.7. The maximum absolute atomic E-state index is 13.0. The van der Waals surface area contributed by atoms with E-state index in [4.69, 9.17) is 4.52 Å². The summed E-state index contributed by atoms with van der Waals surface area (Å²) in [5, 5.41) is 6.78. The van der Waals surface area contributed by atoms with E-state index in [0.717, 1.165) is 29.7 Å². The van der Waals surface area contributed by atoms with Crippen molar-refractivity contribution < 1.29 is 13.7 Å². The largest absolute Gasteiger partial charge is 0.339 e. The summed E-state index contributed by atoms with van der Waals surface area (Å²) < 4.78 is 18.2. The third-order valence-electron chi connectivity index (χ3n) is 4.22. The summed E-state index contributed by atoms with van der Waals surface area (Å²) >= 11 is 0. The molecule has 0 aliphatic carbocycles. The van der Waals surface area contributed by atoms with E-state index in [9.17, 15) is 9.18 Å². The monoisotopic (exact) mass is 337 g/mol. The molecule has 0 spiro atoms. The van der Waals surface area contributed by atoms with Gasteiger partial charge in [0, 0.05) is 17.7 Å². The van der Waals surface area contributed by atoms with Crippen LogP contribution in [0.15, 0.2) is 47.0 Å². The Morgan fingerprint density at radius 2 is 1.96 bits per heavy atom. The zero-order valence-electron chi connectivity index (χ0n) is 13.5. The summed E-state index contributed by atoms with van der Waals surface area (Å²) in [6.45, 7) is 0. The van der Waals surface area contributed by atoms with Crippen LogP contribution >= 0.6 is 0 Å². The van der Waals surface area contributed by atoms with Gasteiger partial charge in [0.1, 0.15) is 5.82 Å². The zero-order chi connectivity index (χ0) is 17.2. The van der Waals surface area contributed by atoms with Gasteiger partial charge < -0.3 is 9.84 Å². The average molecular weight is 337 g/mol. The minimum Gasteiger partial charge on any atom is -0.339 e. The number of benzene rings is 2. The predicted molar refractivity (Wildman–Crippen MR) is 90.5 cm³/mol. The third kappa shape index (κ3) is 3.42. The molecule has 0 saturated heterocycles. The van der Waals surface area contributed by atoms with Crippen LogP contribution in [0.25, 0.3) is 11.4 Å². The van der Waals surface area contributed by atoms with Crippen molar-refractivity contribution in [2.75, 3.05) is 5.32 Å². The molecule has 1 amide bonds. The van der Waals surface area contributed by atoms with Gasteiger partial charge in [-0.2, -0.15) is 4.98 Å². The number of halogens is 1. The third-order valence-corrected chi connectivity index (χ3v) is 4.22. The first-order chi connectivity index (χ1) is 12.2. The van der Waals surface area contributed by atoms with E-state index in [2.05, 4.69) is 21.5 Å². The maximum Gasteiger partial charge on any atom is 0.228 e. The molecule has 5 nitrogen and oxygen atoms in total. The van der Waals surface area contributed by atoms with Gasteiger partial charge in [0.15, 0.2) is 0 Å². The average Bonchev–Trinajstić information content (AvgIpc) is 3.21. The molecular weight excluding hydrogens is 321 g/mol. The summed E-state index contributed by atoms with van der Waals surface area (Å²) in [6, 6.07) is 12.1. The van der Waals surface area contributed by atoms with Crippen LogP contribution in [0.4, 0.5) is 10.1 Å². The van der Waals surface area contributed by atoms with Gasteiger partial charge in [-0.25, -0.2) is 4.39 Å². The molecule has 0 unspecified atom stereocenters. The molecule has 2 heterocycles. The minimum atomic E-state index is -0.293. The first kappa shape index (κ1) is 15.5. The molecule has 1 aromatic heterocycles. The molecule has 0 bridgehead atoms. The molecule has 0 fully saturated rings. The Balaban J connectivity index is 1.36. The molecule has 2 aromatic carbocycles. The number of hydrogen-bond acceptors (Lipinski definition) is 4. The second-order valence-electron chi connectivity index (χ2n) is 6.09. The molecule has 0 saturated carbocycles. The highest BCUT2D eigenvalue weighted by molar-refractivity contribution is 5.99. The number of anilines is 1. The summed E-state index contributed by atoms with van der Waals surface area (Å²) in [5.41, 5.74) is 3.88. The number of nitrogens with zero attached hydrogens (tertiary/aromatic N) is 2. The summed E-state index contributed by atoms with van der Waals surface area (Å²) in [6.07, 6.45) is 2.86. The Hall–Kier alpha value is -3.02. The van der Waals surface area contributed by atoms with E-state index in [1.807, 2.05) is 12.1 Å². The van der Waals surface area contributed by atoms with E-state index in [0.29, 0.717) is 24.6 Å². The fraction of sp³-hybridized carbons (Fsp3) is 0.211. The van der Waals surface area contributed by atoms with Crippen LogP contribution in [-0.2, 0) is 24.1 Å². The standard InChI is InChI=1S/C19H16FN3O2/c20-15-7-5-13(6-8-15)19-22-18(25-23-19)3-1-2-12-4-9-16-14(10-12)11-17(24)21-16/h4-10H,1-3,11H2,(H,21,24). The van der Waals surface area contributed by atoms with E-state index < -0.39 is 0 Å². The van der Waals surface area contributed by atoms with Gasteiger partial charge in [-0.15, -0.1) is 0 Å². The molecule has 1 aliphatic rings. The Labute approximate surface area is 143 Å². The Morgan fingerprint density at radius 3 is 2.80 bits per heavy atom. The van der Waals surface area contributed by atoms with Crippen molar-refractivity contribution in [3.05, 3.63) is 65.3 Å². The van der Waals surface area contributed by atoms with Crippen molar-refractivity contribution in [2.45, 2.75) is 25.7 Å². The second-order valence-corrected chi connectivity index (χ2v) is 6.09. The fourth-order valence-electron chi connectivity index (χ4n) is 2.95. The lowest BCUT2D eigenvalue weighted by atomic mass is 10.0. The predicted octanol–water partition coefficient (Wildman–Crippen LogP) is 3.55. The first-order valence-electron chi connectivity index (χ1n) is 8.17. The lowest BCUT2D eigenvalue weighted by molar-refractivity contribution is -0.115. The molecule has 3 aromatic rings. The summed E-state index contributed by atoms with van der Waals surface area (Å²) in [7, 11) is 0. The lowest BCUT2D eigenvalue weighted by Gasteiger charge is -2.03. The normalized spacial score (nSPS) is 12.9. The number of carbonyl (C=O) groups excluding carboxylic acids is 1. The van der Waals surface area contributed by atoms with Crippen LogP contribution in [0.2, 0.25) is 0 Å². The molecule has 1 aliphatic heterocycles. The second kappa shape index (κ2) is 6.47. The highest BCUT2D eigenvalue weighted by Crippen LogP contribution is 2.24. The smallest absolute Gasteiger partial charge is 0.228 e. The number of nitrogens with one attached hydrogen (secondary N) is 1. The van der Waals surface area contributed by atoms with E-state index >= 15 is 0 Å². The van der Waals surface area contributed by atoms with Crippen molar-refractivity contribution in [1.29, 1.82) is 0 Å². The molecule has 1 N–H and O–H groups in total. The van der Waals surface area contributed by atoms with Gasteiger partial charge in [-0.1, -0.05) is 17.3 Å². The van der Waals surface area contributed by atoms with Crippen LogP contribution in [0, 0.1) is 5.82 Å². The minimum absolute atomic E-state index is 0.0475. The number of hydrogen-bond donors (Lipinski definition) is 1. The van der Waals surface area contributed by atoms with E-state index in [1.54, 1.807) is 12.1 Å². The molecule has 0 atom stereocenters. The number of carbonyl (C=O) groups is 1. The van der Waals surface area contributed by atoms with Crippen LogP contribution in [0.5, 0.6) is 0 Å². The van der Waals surface area contributed by atoms with Crippen LogP contribution in [0.3, 0.4) is 0 Å². The quantitative estimate of drug-likeness (QED) is 0.773. The van der Waals surface area contributed by atoms with E-state index in [1.165, 1.54) is 17.7 Å². The topological polar surface area (TPSA) is 68.0 Å². The number of aromatic nitrogens is 2. The van der Waals surface area contributed by atoms with Crippen LogP contribution in [-0.4, -0.2) is 16.0 Å². The van der Waals surface area contributed by atoms with Crippen LogP contribution in [0.1, 0.15) is 23.4 Å². The van der Waals surface area contributed by atoms with Gasteiger partial charge in [0.2, 0.25) is 17.6 Å². The van der Waals surface area contributed by atoms with Crippen molar-refractivity contribution >= 4 is 11.6 Å². The molecule has 6 heteroatoms. The van der Waals surface area contributed by atoms with Gasteiger partial charge in [-0.3, -0.25) is 4.79 Å². The van der Waals surface area contributed by atoms with Gasteiger partial charge in [0.25, 0.3) is 0 Å². The maximum atomic E-state index is 13.0. The molecule has 126 valence electrons. The van der Waals surface area contributed by atoms with Crippen LogP contribution < -0.4 is 5.32 Å². The molecule has 25 heavy (non-hydrogen) atoms. The van der Waals surface area contributed by atoms with Crippen molar-refractivity contribution in [2.24, 2.45) is 0 Å². The fourth-order valence-corrected chi connectivity index (χ4v) is 2.95. The Bertz CT molecular complexity index is 919. The summed E-state index contributed by atoms with van der Waals surface area (Å²) in [5.74, 6) is 0.791. The molecule has 4 rings (SSSR count). The number of amides is 1. The molecular formula is C19H16FN3O2. The van der Waals surface area contributed by atoms with Crippen molar-refractivity contribution in [3.63, 3.8) is 0 Å². The Kier molecular flexibility index (Phi) is 4.01. The van der Waals surface area contributed by atoms with Gasteiger partial charge >= 0.3 is 0 Å². The number of aryl methyl sites for hydroxylation is 2.